The summed E-state index contributed by atoms with van der Waals surface area (Å²) >= 11 is 1.97. The van der Waals surface area contributed by atoms with E-state index in [9.17, 15) is 0 Å². The van der Waals surface area contributed by atoms with Crippen molar-refractivity contribution in [1.29, 1.82) is 0 Å². The van der Waals surface area contributed by atoms with Gasteiger partial charge in [0.15, 0.2) is 0 Å². The number of hydrogen-bond donors (Lipinski definition) is 0. The van der Waals surface area contributed by atoms with Crippen LogP contribution in [0.2, 0.25) is 0 Å². The van der Waals surface area contributed by atoms with Crippen LogP contribution < -0.4 is 25.3 Å². The maximum Gasteiger partial charge on any atom is 0.268 e. The van der Waals surface area contributed by atoms with E-state index < -0.39 is 0 Å². The van der Waals surface area contributed by atoms with Gasteiger partial charge in [-0.25, -0.2) is 0 Å². The van der Waals surface area contributed by atoms with Crippen molar-refractivity contribution >= 4 is 60.9 Å². The second-order valence-corrected chi connectivity index (χ2v) is 18.9. The summed E-state index contributed by atoms with van der Waals surface area (Å²) < 4.78 is 9.77. The van der Waals surface area contributed by atoms with Crippen molar-refractivity contribution in [2.24, 2.45) is 0 Å². The summed E-state index contributed by atoms with van der Waals surface area (Å²) in [5.41, 5.74) is 13.7. The molecule has 0 bridgehead atoms. The number of rotatable bonds is 1. The first-order chi connectivity index (χ1) is 21.9. The zero-order valence-electron chi connectivity index (χ0n) is 30.1. The van der Waals surface area contributed by atoms with E-state index in [4.69, 9.17) is 4.74 Å². The number of ether oxygens (including phenoxy) is 1. The fourth-order valence-corrected chi connectivity index (χ4v) is 9.57. The molecule has 0 N–H and O–H groups in total. The van der Waals surface area contributed by atoms with Gasteiger partial charge in [-0.15, -0.1) is 11.3 Å². The zero-order chi connectivity index (χ0) is 33.4. The molecule has 2 nitrogen and oxygen atoms in total. The minimum absolute atomic E-state index is 0.0568. The Hall–Kier alpha value is -3.50. The fourth-order valence-electron chi connectivity index (χ4n) is 8.27. The van der Waals surface area contributed by atoms with Crippen molar-refractivity contribution in [3.05, 3.63) is 94.5 Å². The van der Waals surface area contributed by atoms with Crippen molar-refractivity contribution in [2.75, 3.05) is 4.90 Å². The van der Waals surface area contributed by atoms with Crippen molar-refractivity contribution < 1.29 is 4.74 Å². The van der Waals surface area contributed by atoms with Gasteiger partial charge in [0.2, 0.25) is 0 Å². The summed E-state index contributed by atoms with van der Waals surface area (Å²) in [6.07, 6.45) is 2.38. The molecular formula is C43H48BNOS. The molecule has 4 heteroatoms. The number of benzene rings is 4. The van der Waals surface area contributed by atoms with Crippen molar-refractivity contribution in [2.45, 2.75) is 111 Å². The van der Waals surface area contributed by atoms with E-state index in [0.717, 1.165) is 11.5 Å². The molecule has 5 aromatic rings. The topological polar surface area (TPSA) is 12.5 Å². The Morgan fingerprint density at radius 2 is 1.34 bits per heavy atom. The summed E-state index contributed by atoms with van der Waals surface area (Å²) in [6.45, 7) is 25.8. The van der Waals surface area contributed by atoms with Gasteiger partial charge in [0.25, 0.3) is 6.71 Å². The molecule has 240 valence electrons. The monoisotopic (exact) mass is 637 g/mol. The smallest absolute Gasteiger partial charge is 0.268 e. The zero-order valence-corrected chi connectivity index (χ0v) is 30.9. The SMILES string of the molecule is Cc1cc2c3c(c1)N(c1ccc(C(C)(C)C)cc1)c1c(sc4ccc(C(C)(C)C)cc14)B3c1cc3c(cc1O2)C(C)(C)CCC3(C)C. The van der Waals surface area contributed by atoms with E-state index in [-0.39, 0.29) is 28.4 Å². The lowest BCUT2D eigenvalue weighted by Crippen LogP contribution is -2.59. The number of thiophene rings is 1. The predicted molar refractivity (Wildman–Crippen MR) is 205 cm³/mol. The first-order valence-corrected chi connectivity index (χ1v) is 18.2. The van der Waals surface area contributed by atoms with Gasteiger partial charge >= 0.3 is 0 Å². The maximum atomic E-state index is 7.01. The van der Waals surface area contributed by atoms with Gasteiger partial charge in [0.05, 0.1) is 5.69 Å². The molecular weight excluding hydrogens is 589 g/mol. The van der Waals surface area contributed by atoms with Gasteiger partial charge in [0.1, 0.15) is 11.5 Å². The third-order valence-electron chi connectivity index (χ3n) is 11.3. The van der Waals surface area contributed by atoms with Gasteiger partial charge in [-0.3, -0.25) is 0 Å². The van der Waals surface area contributed by atoms with Crippen LogP contribution in [0.1, 0.15) is 110 Å². The Kier molecular flexibility index (Phi) is 6.42. The highest BCUT2D eigenvalue weighted by Crippen LogP contribution is 2.50. The molecule has 0 amide bonds. The average Bonchev–Trinajstić information content (AvgIpc) is 3.36. The molecule has 0 atom stereocenters. The van der Waals surface area contributed by atoms with Gasteiger partial charge in [0, 0.05) is 26.2 Å². The van der Waals surface area contributed by atoms with Gasteiger partial charge in [-0.2, -0.15) is 0 Å². The Morgan fingerprint density at radius 3 is 1.98 bits per heavy atom. The van der Waals surface area contributed by atoms with Crippen molar-refractivity contribution in [1.82, 2.24) is 0 Å². The third-order valence-corrected chi connectivity index (χ3v) is 12.6. The molecule has 0 spiro atoms. The van der Waals surface area contributed by atoms with E-state index in [1.54, 1.807) is 0 Å². The lowest BCUT2D eigenvalue weighted by atomic mass is 9.36. The minimum atomic E-state index is 0.0568. The van der Waals surface area contributed by atoms with E-state index in [1.807, 2.05) is 11.3 Å². The van der Waals surface area contributed by atoms with Crippen LogP contribution in [0.4, 0.5) is 17.1 Å². The summed E-state index contributed by atoms with van der Waals surface area (Å²) in [5.74, 6) is 2.03. The van der Waals surface area contributed by atoms with E-state index >= 15 is 0 Å². The molecule has 1 aromatic heterocycles. The molecule has 47 heavy (non-hydrogen) atoms. The van der Waals surface area contributed by atoms with Crippen LogP contribution in [-0.2, 0) is 21.7 Å². The second-order valence-electron chi connectivity index (χ2n) is 17.8. The number of fused-ring (bicyclic) bond motifs is 7. The molecule has 0 fully saturated rings. The highest BCUT2D eigenvalue weighted by molar-refractivity contribution is 7.33. The normalized spacial score (nSPS) is 17.5. The van der Waals surface area contributed by atoms with Crippen LogP contribution in [0, 0.1) is 6.92 Å². The highest BCUT2D eigenvalue weighted by atomic mass is 32.1. The minimum Gasteiger partial charge on any atom is -0.458 e. The summed E-state index contributed by atoms with van der Waals surface area (Å²) in [7, 11) is 0. The highest BCUT2D eigenvalue weighted by Gasteiger charge is 2.46. The lowest BCUT2D eigenvalue weighted by Gasteiger charge is -2.44. The molecule has 4 aromatic carbocycles. The largest absolute Gasteiger partial charge is 0.458 e. The fraction of sp³-hybridized carbons (Fsp3) is 0.395. The van der Waals surface area contributed by atoms with Crippen LogP contribution >= 0.6 is 11.3 Å². The Labute approximate surface area is 286 Å². The van der Waals surface area contributed by atoms with Crippen LogP contribution in [0.5, 0.6) is 11.5 Å². The van der Waals surface area contributed by atoms with Crippen LogP contribution in [-0.4, -0.2) is 6.71 Å². The summed E-state index contributed by atoms with van der Waals surface area (Å²) in [5, 5.41) is 1.35. The van der Waals surface area contributed by atoms with Crippen molar-refractivity contribution in [3.63, 3.8) is 0 Å². The predicted octanol–water partition coefficient (Wildman–Crippen LogP) is 10.6. The maximum absolute atomic E-state index is 7.01. The molecule has 0 unspecified atom stereocenters. The number of aryl methyl sites for hydroxylation is 1. The van der Waals surface area contributed by atoms with Crippen LogP contribution in [0.3, 0.4) is 0 Å². The molecule has 0 saturated heterocycles. The standard InChI is InChI=1S/C43H48BNOS/c1-25-20-33-37-35(21-25)46-34-24-31-30(42(8,9)18-19-43(31,10)11)23-32(34)44(37)39-38(29-22-27(41(5,6)7)14-17-36(29)47-39)45(33)28-15-12-26(13-16-28)40(2,3)4/h12-17,20-24H,18-19H2,1-11H3. The van der Waals surface area contributed by atoms with Crippen LogP contribution in [0.15, 0.2) is 66.7 Å². The Balaban J connectivity index is 1.45. The number of anilines is 3. The summed E-state index contributed by atoms with van der Waals surface area (Å²) in [4.78, 5) is 2.55. The van der Waals surface area contributed by atoms with Gasteiger partial charge in [-0.05, 0) is 123 Å². The first-order valence-electron chi connectivity index (χ1n) is 17.4. The van der Waals surface area contributed by atoms with E-state index in [0.29, 0.717) is 0 Å². The molecule has 0 radical (unpaired) electrons. The Bertz CT molecular complexity index is 2100. The third kappa shape index (κ3) is 4.65. The van der Waals surface area contributed by atoms with E-state index in [2.05, 4.69) is 148 Å². The number of hydrogen-bond acceptors (Lipinski definition) is 3. The molecule has 0 saturated carbocycles. The number of nitrogens with zero attached hydrogens (tertiary/aromatic N) is 1. The molecule has 2 aliphatic heterocycles. The first kappa shape index (κ1) is 30.8. The van der Waals surface area contributed by atoms with Gasteiger partial charge < -0.3 is 9.64 Å². The molecule has 8 rings (SSSR count). The molecule has 3 aliphatic rings. The van der Waals surface area contributed by atoms with Gasteiger partial charge in [-0.1, -0.05) is 93.5 Å². The second kappa shape index (κ2) is 9.78. The average molecular weight is 638 g/mol. The summed E-state index contributed by atoms with van der Waals surface area (Å²) in [6, 6.07) is 26.1. The van der Waals surface area contributed by atoms with Crippen LogP contribution in [0.25, 0.3) is 10.1 Å². The quantitative estimate of drug-likeness (QED) is 0.166. The molecule has 3 heterocycles. The van der Waals surface area contributed by atoms with Crippen molar-refractivity contribution in [3.8, 4) is 11.5 Å². The lowest BCUT2D eigenvalue weighted by molar-refractivity contribution is 0.330. The Morgan fingerprint density at radius 1 is 0.723 bits per heavy atom. The molecule has 1 aliphatic carbocycles. The van der Waals surface area contributed by atoms with E-state index in [1.165, 1.54) is 83.5 Å².